The lowest BCUT2D eigenvalue weighted by Crippen LogP contribution is -2.53. The summed E-state index contributed by atoms with van der Waals surface area (Å²) in [6.07, 6.45) is 0. The van der Waals surface area contributed by atoms with Crippen LogP contribution in [0.3, 0.4) is 0 Å². The molecule has 0 amide bonds. The number of ether oxygens (including phenoxy) is 1. The van der Waals surface area contributed by atoms with Gasteiger partial charge in [-0.2, -0.15) is 0 Å². The zero-order valence-electron chi connectivity index (χ0n) is 11.9. The van der Waals surface area contributed by atoms with Crippen molar-refractivity contribution >= 4 is 5.69 Å². The van der Waals surface area contributed by atoms with E-state index in [1.165, 1.54) is 11.3 Å². The molecule has 1 aliphatic heterocycles. The Hall–Kier alpha value is -1.06. The van der Waals surface area contributed by atoms with Crippen molar-refractivity contribution in [2.45, 2.75) is 32.4 Å². The minimum Gasteiger partial charge on any atom is -0.377 e. The molecule has 18 heavy (non-hydrogen) atoms. The number of morpholine rings is 1. The van der Waals surface area contributed by atoms with Crippen molar-refractivity contribution in [2.24, 2.45) is 0 Å². The highest BCUT2D eigenvalue weighted by atomic mass is 16.5. The van der Waals surface area contributed by atoms with Crippen LogP contribution in [-0.4, -0.2) is 32.3 Å². The lowest BCUT2D eigenvalue weighted by atomic mass is 9.97. The number of nitrogens with zero attached hydrogens (tertiary/aromatic N) is 1. The molecule has 0 saturated carbocycles. The average molecular weight is 248 g/mol. The van der Waals surface area contributed by atoms with Crippen molar-refractivity contribution in [3.8, 4) is 0 Å². The highest BCUT2D eigenvalue weighted by Gasteiger charge is 2.32. The van der Waals surface area contributed by atoms with Gasteiger partial charge in [-0.25, -0.2) is 0 Å². The van der Waals surface area contributed by atoms with Crippen LogP contribution in [0.2, 0.25) is 0 Å². The van der Waals surface area contributed by atoms with Crippen molar-refractivity contribution in [3.63, 3.8) is 0 Å². The molecule has 1 aromatic carbocycles. The van der Waals surface area contributed by atoms with Gasteiger partial charge in [-0.15, -0.1) is 0 Å². The molecular formula is C15H24N2O. The molecular weight excluding hydrogens is 224 g/mol. The third kappa shape index (κ3) is 2.52. The molecule has 1 aromatic rings. The summed E-state index contributed by atoms with van der Waals surface area (Å²) in [4.78, 5) is 2.47. The Morgan fingerprint density at radius 1 is 1.33 bits per heavy atom. The van der Waals surface area contributed by atoms with Gasteiger partial charge >= 0.3 is 0 Å². The second kappa shape index (κ2) is 5.29. The molecule has 1 fully saturated rings. The Morgan fingerprint density at radius 3 is 2.72 bits per heavy atom. The number of nitrogens with one attached hydrogen (secondary N) is 1. The van der Waals surface area contributed by atoms with E-state index in [2.05, 4.69) is 55.3 Å². The third-order valence-electron chi connectivity index (χ3n) is 3.77. The highest BCUT2D eigenvalue weighted by Crippen LogP contribution is 2.32. The molecule has 3 nitrogen and oxygen atoms in total. The largest absolute Gasteiger partial charge is 0.377 e. The monoisotopic (exact) mass is 248 g/mol. The van der Waals surface area contributed by atoms with Gasteiger partial charge in [-0.1, -0.05) is 18.2 Å². The SMILES string of the molecule is CNC(C)c1ccccc1N1CCOCC1(C)C. The summed E-state index contributed by atoms with van der Waals surface area (Å²) in [5.41, 5.74) is 2.74. The van der Waals surface area contributed by atoms with Crippen molar-refractivity contribution in [1.29, 1.82) is 0 Å². The molecule has 1 N–H and O–H groups in total. The van der Waals surface area contributed by atoms with Crippen LogP contribution in [0.1, 0.15) is 32.4 Å². The van der Waals surface area contributed by atoms with Crippen molar-refractivity contribution in [3.05, 3.63) is 29.8 Å². The molecule has 2 rings (SSSR count). The minimum atomic E-state index is 0.0574. The van der Waals surface area contributed by atoms with Gasteiger partial charge in [0.2, 0.25) is 0 Å². The summed E-state index contributed by atoms with van der Waals surface area (Å²) in [5, 5.41) is 3.33. The molecule has 3 heteroatoms. The van der Waals surface area contributed by atoms with E-state index in [1.807, 2.05) is 7.05 Å². The lowest BCUT2D eigenvalue weighted by molar-refractivity contribution is 0.0642. The van der Waals surface area contributed by atoms with E-state index < -0.39 is 0 Å². The maximum absolute atomic E-state index is 5.61. The van der Waals surface area contributed by atoms with Crippen LogP contribution in [0.15, 0.2) is 24.3 Å². The van der Waals surface area contributed by atoms with Gasteiger partial charge in [0.1, 0.15) is 0 Å². The second-order valence-electron chi connectivity index (χ2n) is 5.59. The standard InChI is InChI=1S/C15H24N2O/c1-12(16-4)13-7-5-6-8-14(13)17-9-10-18-11-15(17,2)3/h5-8,12,16H,9-11H2,1-4H3. The van der Waals surface area contributed by atoms with Crippen LogP contribution in [0.4, 0.5) is 5.69 Å². The van der Waals surface area contributed by atoms with Gasteiger partial charge in [0.05, 0.1) is 18.8 Å². The van der Waals surface area contributed by atoms with E-state index >= 15 is 0 Å². The molecule has 0 radical (unpaired) electrons. The van der Waals surface area contributed by atoms with E-state index in [-0.39, 0.29) is 5.54 Å². The molecule has 0 aromatic heterocycles. The Balaban J connectivity index is 2.37. The lowest BCUT2D eigenvalue weighted by Gasteiger charge is -2.45. The minimum absolute atomic E-state index is 0.0574. The molecule has 1 unspecified atom stereocenters. The van der Waals surface area contributed by atoms with Gasteiger partial charge in [-0.05, 0) is 39.4 Å². The summed E-state index contributed by atoms with van der Waals surface area (Å²) < 4.78 is 5.61. The molecule has 1 aliphatic rings. The summed E-state index contributed by atoms with van der Waals surface area (Å²) in [7, 11) is 2.01. The summed E-state index contributed by atoms with van der Waals surface area (Å²) in [6.45, 7) is 9.24. The van der Waals surface area contributed by atoms with Crippen LogP contribution in [0.25, 0.3) is 0 Å². The summed E-state index contributed by atoms with van der Waals surface area (Å²) >= 11 is 0. The Kier molecular flexibility index (Phi) is 3.93. The first-order chi connectivity index (χ1) is 8.56. The van der Waals surface area contributed by atoms with Crippen LogP contribution in [0, 0.1) is 0 Å². The number of para-hydroxylation sites is 1. The molecule has 100 valence electrons. The maximum Gasteiger partial charge on any atom is 0.0694 e. The molecule has 1 atom stereocenters. The Labute approximate surface area is 110 Å². The first-order valence-corrected chi connectivity index (χ1v) is 6.68. The van der Waals surface area contributed by atoms with Gasteiger partial charge in [-0.3, -0.25) is 0 Å². The fourth-order valence-corrected chi connectivity index (χ4v) is 2.56. The fraction of sp³-hybridized carbons (Fsp3) is 0.600. The summed E-state index contributed by atoms with van der Waals surface area (Å²) in [5.74, 6) is 0. The molecule has 0 bridgehead atoms. The Bertz CT molecular complexity index is 403. The molecule has 0 spiro atoms. The number of benzene rings is 1. The third-order valence-corrected chi connectivity index (χ3v) is 3.77. The van der Waals surface area contributed by atoms with Crippen LogP contribution < -0.4 is 10.2 Å². The van der Waals surface area contributed by atoms with E-state index in [9.17, 15) is 0 Å². The smallest absolute Gasteiger partial charge is 0.0694 e. The predicted octanol–water partition coefficient (Wildman–Crippen LogP) is 2.58. The van der Waals surface area contributed by atoms with Gasteiger partial charge in [0.15, 0.2) is 0 Å². The highest BCUT2D eigenvalue weighted by molar-refractivity contribution is 5.57. The van der Waals surface area contributed by atoms with Gasteiger partial charge in [0, 0.05) is 18.3 Å². The van der Waals surface area contributed by atoms with Crippen LogP contribution in [0.5, 0.6) is 0 Å². The van der Waals surface area contributed by atoms with E-state index in [0.29, 0.717) is 6.04 Å². The summed E-state index contributed by atoms with van der Waals surface area (Å²) in [6, 6.07) is 9.02. The quantitative estimate of drug-likeness (QED) is 0.890. The van der Waals surface area contributed by atoms with Crippen LogP contribution >= 0.6 is 0 Å². The zero-order chi connectivity index (χ0) is 13.2. The Morgan fingerprint density at radius 2 is 2.06 bits per heavy atom. The maximum atomic E-state index is 5.61. The molecule has 0 aliphatic carbocycles. The van der Waals surface area contributed by atoms with Crippen molar-refractivity contribution in [1.82, 2.24) is 5.32 Å². The zero-order valence-corrected chi connectivity index (χ0v) is 11.9. The number of hydrogen-bond donors (Lipinski definition) is 1. The fourth-order valence-electron chi connectivity index (χ4n) is 2.56. The number of rotatable bonds is 3. The van der Waals surface area contributed by atoms with E-state index in [0.717, 1.165) is 19.8 Å². The van der Waals surface area contributed by atoms with E-state index in [4.69, 9.17) is 4.74 Å². The first-order valence-electron chi connectivity index (χ1n) is 6.68. The first kappa shape index (κ1) is 13.4. The van der Waals surface area contributed by atoms with Crippen LogP contribution in [-0.2, 0) is 4.74 Å². The van der Waals surface area contributed by atoms with Gasteiger partial charge < -0.3 is 15.0 Å². The average Bonchev–Trinajstić information content (AvgIpc) is 2.37. The number of hydrogen-bond acceptors (Lipinski definition) is 3. The number of anilines is 1. The predicted molar refractivity (Wildman–Crippen MR) is 76.2 cm³/mol. The molecule has 1 saturated heterocycles. The topological polar surface area (TPSA) is 24.5 Å². The van der Waals surface area contributed by atoms with Crippen molar-refractivity contribution in [2.75, 3.05) is 31.7 Å². The van der Waals surface area contributed by atoms with Gasteiger partial charge in [0.25, 0.3) is 0 Å². The normalized spacial score (nSPS) is 20.8. The second-order valence-corrected chi connectivity index (χ2v) is 5.59. The van der Waals surface area contributed by atoms with Crippen molar-refractivity contribution < 1.29 is 4.74 Å². The molecule has 1 heterocycles. The van der Waals surface area contributed by atoms with E-state index in [1.54, 1.807) is 0 Å².